The standard InChI is InChI=1S/C17H32N6O3S.HI/c1-4-18-16(20-13-17(2,24)15-11-21-23(3)12-15)19-8-9-27(25,26)22-10-14-6-5-7-14;/h11-12,14,22,24H,4-10,13H2,1-3H3,(H2,18,19,20);1H. The molecule has 1 aliphatic carbocycles. The zero-order chi connectivity index (χ0) is 19.9. The highest BCUT2D eigenvalue weighted by molar-refractivity contribution is 14.0. The van der Waals surface area contributed by atoms with Crippen molar-refractivity contribution in [2.45, 2.75) is 38.7 Å². The molecule has 0 aliphatic heterocycles. The Morgan fingerprint density at radius 2 is 2.14 bits per heavy atom. The van der Waals surface area contributed by atoms with Gasteiger partial charge in [-0.2, -0.15) is 5.10 Å². The predicted octanol–water partition coefficient (Wildman–Crippen LogP) is 0.520. The predicted molar refractivity (Wildman–Crippen MR) is 121 cm³/mol. The van der Waals surface area contributed by atoms with Gasteiger partial charge >= 0.3 is 0 Å². The van der Waals surface area contributed by atoms with E-state index in [4.69, 9.17) is 0 Å². The van der Waals surface area contributed by atoms with Crippen molar-refractivity contribution in [2.75, 3.05) is 31.9 Å². The monoisotopic (exact) mass is 528 g/mol. The zero-order valence-electron chi connectivity index (χ0n) is 16.8. The summed E-state index contributed by atoms with van der Waals surface area (Å²) in [6, 6.07) is 0. The maximum Gasteiger partial charge on any atom is 0.213 e. The first-order chi connectivity index (χ1) is 12.7. The molecule has 4 N–H and O–H groups in total. The first-order valence-corrected chi connectivity index (χ1v) is 11.1. The van der Waals surface area contributed by atoms with Gasteiger partial charge in [0, 0.05) is 38.4 Å². The van der Waals surface area contributed by atoms with E-state index in [0.717, 1.165) is 12.8 Å². The average Bonchev–Trinajstić information content (AvgIpc) is 2.98. The number of aliphatic hydroxyl groups is 1. The van der Waals surface area contributed by atoms with Crippen molar-refractivity contribution in [1.82, 2.24) is 25.1 Å². The first kappa shape index (κ1) is 25.1. The van der Waals surface area contributed by atoms with E-state index in [0.29, 0.717) is 30.5 Å². The van der Waals surface area contributed by atoms with E-state index in [1.165, 1.54) is 6.42 Å². The molecule has 0 saturated heterocycles. The molecule has 0 spiro atoms. The number of hydrogen-bond acceptors (Lipinski definition) is 5. The maximum atomic E-state index is 12.1. The van der Waals surface area contributed by atoms with Gasteiger partial charge in [0.25, 0.3) is 0 Å². The van der Waals surface area contributed by atoms with Gasteiger partial charge in [-0.05, 0) is 32.6 Å². The van der Waals surface area contributed by atoms with Gasteiger partial charge in [0.15, 0.2) is 5.96 Å². The minimum atomic E-state index is -3.30. The minimum absolute atomic E-state index is 0. The molecule has 0 radical (unpaired) electrons. The summed E-state index contributed by atoms with van der Waals surface area (Å²) in [4.78, 5) is 4.38. The molecule has 0 amide bonds. The van der Waals surface area contributed by atoms with Crippen LogP contribution in [-0.2, 0) is 22.7 Å². The topological polar surface area (TPSA) is 121 Å². The third kappa shape index (κ3) is 8.21. The van der Waals surface area contributed by atoms with Crippen LogP contribution in [0.4, 0.5) is 0 Å². The van der Waals surface area contributed by atoms with Crippen LogP contribution in [0.5, 0.6) is 0 Å². The van der Waals surface area contributed by atoms with Gasteiger partial charge in [-0.25, -0.2) is 18.1 Å². The van der Waals surface area contributed by atoms with Crippen molar-refractivity contribution >= 4 is 40.0 Å². The van der Waals surface area contributed by atoms with Gasteiger partial charge in [-0.3, -0.25) is 4.68 Å². The normalized spacial score (nSPS) is 17.4. The van der Waals surface area contributed by atoms with Crippen LogP contribution in [0.2, 0.25) is 0 Å². The third-order valence-corrected chi connectivity index (χ3v) is 6.04. The lowest BCUT2D eigenvalue weighted by Crippen LogP contribution is -2.42. The number of halogens is 1. The molecular formula is C17H33IN6O3S. The lowest BCUT2D eigenvalue weighted by molar-refractivity contribution is 0.0672. The third-order valence-electron chi connectivity index (χ3n) is 4.70. The number of nitrogens with zero attached hydrogens (tertiary/aromatic N) is 3. The highest BCUT2D eigenvalue weighted by atomic mass is 127. The molecule has 9 nitrogen and oxygen atoms in total. The summed E-state index contributed by atoms with van der Waals surface area (Å²) in [5, 5.41) is 20.7. The molecule has 1 aromatic heterocycles. The molecule has 1 atom stereocenters. The summed E-state index contributed by atoms with van der Waals surface area (Å²) >= 11 is 0. The zero-order valence-corrected chi connectivity index (χ0v) is 20.0. The van der Waals surface area contributed by atoms with Crippen molar-refractivity contribution in [2.24, 2.45) is 18.0 Å². The van der Waals surface area contributed by atoms with E-state index in [-0.39, 0.29) is 42.8 Å². The van der Waals surface area contributed by atoms with Crippen LogP contribution in [0.1, 0.15) is 38.7 Å². The Morgan fingerprint density at radius 3 is 2.68 bits per heavy atom. The summed E-state index contributed by atoms with van der Waals surface area (Å²) in [6.07, 6.45) is 6.76. The summed E-state index contributed by atoms with van der Waals surface area (Å²) < 4.78 is 28.4. The molecule has 1 unspecified atom stereocenters. The van der Waals surface area contributed by atoms with E-state index < -0.39 is 15.6 Å². The van der Waals surface area contributed by atoms with Crippen LogP contribution in [0.15, 0.2) is 17.4 Å². The first-order valence-electron chi connectivity index (χ1n) is 9.43. The fourth-order valence-electron chi connectivity index (χ4n) is 2.68. The number of aliphatic imine (C=N–C) groups is 1. The van der Waals surface area contributed by atoms with Gasteiger partial charge in [0.1, 0.15) is 5.60 Å². The van der Waals surface area contributed by atoms with Gasteiger partial charge < -0.3 is 15.7 Å². The molecule has 1 aromatic rings. The molecule has 1 heterocycles. The van der Waals surface area contributed by atoms with E-state index >= 15 is 0 Å². The molecular weight excluding hydrogens is 495 g/mol. The van der Waals surface area contributed by atoms with Gasteiger partial charge in [-0.1, -0.05) is 6.42 Å². The largest absolute Gasteiger partial charge is 0.383 e. The second-order valence-electron chi connectivity index (χ2n) is 7.26. The second kappa shape index (κ2) is 11.3. The van der Waals surface area contributed by atoms with E-state index in [1.807, 2.05) is 6.92 Å². The Kier molecular flexibility index (Phi) is 10.1. The number of hydrogen-bond donors (Lipinski definition) is 4. The molecule has 11 heteroatoms. The highest BCUT2D eigenvalue weighted by Gasteiger charge is 2.25. The van der Waals surface area contributed by atoms with Gasteiger partial charge in [0.05, 0.1) is 18.5 Å². The van der Waals surface area contributed by atoms with Gasteiger partial charge in [0.2, 0.25) is 10.0 Å². The van der Waals surface area contributed by atoms with Crippen LogP contribution < -0.4 is 15.4 Å². The fraction of sp³-hybridized carbons (Fsp3) is 0.765. The minimum Gasteiger partial charge on any atom is -0.383 e. The molecule has 28 heavy (non-hydrogen) atoms. The van der Waals surface area contributed by atoms with E-state index in [1.54, 1.807) is 31.0 Å². The van der Waals surface area contributed by atoms with Gasteiger partial charge in [-0.15, -0.1) is 24.0 Å². The molecule has 2 rings (SSSR count). The van der Waals surface area contributed by atoms with Crippen molar-refractivity contribution in [3.05, 3.63) is 18.0 Å². The van der Waals surface area contributed by atoms with Crippen LogP contribution >= 0.6 is 24.0 Å². The summed E-state index contributed by atoms with van der Waals surface area (Å²) in [6.45, 7) is 5.12. The van der Waals surface area contributed by atoms with Crippen molar-refractivity contribution in [3.8, 4) is 0 Å². The molecule has 162 valence electrons. The van der Waals surface area contributed by atoms with Crippen LogP contribution in [0.25, 0.3) is 0 Å². The fourth-order valence-corrected chi connectivity index (χ4v) is 3.69. The number of sulfonamides is 1. The number of aromatic nitrogens is 2. The molecule has 0 bridgehead atoms. The molecule has 1 saturated carbocycles. The maximum absolute atomic E-state index is 12.1. The summed E-state index contributed by atoms with van der Waals surface area (Å²) in [7, 11) is -1.52. The Bertz CT molecular complexity index is 731. The lowest BCUT2D eigenvalue weighted by atomic mass is 9.86. The molecule has 1 fully saturated rings. The van der Waals surface area contributed by atoms with Crippen molar-refractivity contribution in [3.63, 3.8) is 0 Å². The number of guanidine groups is 1. The Morgan fingerprint density at radius 1 is 1.43 bits per heavy atom. The summed E-state index contributed by atoms with van der Waals surface area (Å²) in [5.74, 6) is 0.931. The molecule has 1 aliphatic rings. The molecule has 0 aromatic carbocycles. The average molecular weight is 528 g/mol. The Hall–Kier alpha value is -0.920. The smallest absolute Gasteiger partial charge is 0.213 e. The number of aryl methyl sites for hydroxylation is 1. The Labute approximate surface area is 184 Å². The summed E-state index contributed by atoms with van der Waals surface area (Å²) in [5.41, 5.74) is -0.486. The van der Waals surface area contributed by atoms with Crippen molar-refractivity contribution < 1.29 is 13.5 Å². The second-order valence-corrected chi connectivity index (χ2v) is 9.19. The van der Waals surface area contributed by atoms with Crippen LogP contribution in [0, 0.1) is 5.92 Å². The van der Waals surface area contributed by atoms with Crippen LogP contribution in [0.3, 0.4) is 0 Å². The highest BCUT2D eigenvalue weighted by Crippen LogP contribution is 2.25. The SMILES string of the molecule is CCNC(=NCC(C)(O)c1cnn(C)c1)NCCS(=O)(=O)NCC1CCC1.I. The lowest BCUT2D eigenvalue weighted by Gasteiger charge is -2.25. The van der Waals surface area contributed by atoms with Crippen LogP contribution in [-0.4, -0.2) is 61.2 Å². The Balaban J connectivity index is 0.00000392. The number of nitrogens with one attached hydrogen (secondary N) is 3. The van der Waals surface area contributed by atoms with E-state index in [2.05, 4.69) is 25.4 Å². The number of rotatable bonds is 10. The van der Waals surface area contributed by atoms with E-state index in [9.17, 15) is 13.5 Å². The van der Waals surface area contributed by atoms with Crippen molar-refractivity contribution in [1.29, 1.82) is 0 Å². The quantitative estimate of drug-likeness (QED) is 0.200.